The summed E-state index contributed by atoms with van der Waals surface area (Å²) in [5.74, 6) is 4.62. The van der Waals surface area contributed by atoms with Crippen molar-refractivity contribution >= 4 is 17.2 Å². The number of nitrogens with one attached hydrogen (secondary N) is 1. The number of nitrogens with zero attached hydrogens (tertiary/aromatic N) is 1. The zero-order valence-electron chi connectivity index (χ0n) is 9.03. The molecular formula is C9H15N3O2S. The number of hydrogen-bond acceptors (Lipinski definition) is 5. The van der Waals surface area contributed by atoms with E-state index >= 15 is 0 Å². The normalized spacial score (nSPS) is 11.5. The molecular weight excluding hydrogens is 214 g/mol. The second-order valence-corrected chi connectivity index (χ2v) is 4.88. The van der Waals surface area contributed by atoms with Gasteiger partial charge in [-0.05, 0) is 20.8 Å². The minimum Gasteiger partial charge on any atom is -0.370 e. The first-order valence-corrected chi connectivity index (χ1v) is 5.39. The van der Waals surface area contributed by atoms with E-state index in [1.54, 1.807) is 5.38 Å². The fourth-order valence-electron chi connectivity index (χ4n) is 0.830. The highest BCUT2D eigenvalue weighted by Gasteiger charge is 2.13. The zero-order valence-corrected chi connectivity index (χ0v) is 9.85. The molecule has 0 atom stereocenters. The number of ether oxygens (including phenoxy) is 1. The Labute approximate surface area is 92.6 Å². The van der Waals surface area contributed by atoms with E-state index in [4.69, 9.17) is 10.6 Å². The van der Waals surface area contributed by atoms with Crippen molar-refractivity contribution in [2.45, 2.75) is 33.0 Å². The van der Waals surface area contributed by atoms with E-state index in [2.05, 4.69) is 4.98 Å². The number of nitrogen functional groups attached to an aromatic ring is 1. The van der Waals surface area contributed by atoms with Crippen molar-refractivity contribution in [3.63, 3.8) is 0 Å². The molecule has 0 bridgehead atoms. The molecule has 1 aromatic rings. The summed E-state index contributed by atoms with van der Waals surface area (Å²) in [4.78, 5) is 15.2. The Kier molecular flexibility index (Phi) is 3.78. The second kappa shape index (κ2) is 4.69. The summed E-state index contributed by atoms with van der Waals surface area (Å²) >= 11 is 1.25. The standard InChI is InChI=1S/C9H15N3O2S/c1-9(2,3)14-4-6-5-15-8(11-6)7(13)12-10/h5H,4,10H2,1-3H3,(H,12,13). The van der Waals surface area contributed by atoms with Gasteiger partial charge in [-0.1, -0.05) is 0 Å². The minimum absolute atomic E-state index is 0.208. The molecule has 0 saturated carbocycles. The molecule has 1 heterocycles. The van der Waals surface area contributed by atoms with Gasteiger partial charge in [-0.2, -0.15) is 0 Å². The molecule has 0 unspecified atom stereocenters. The van der Waals surface area contributed by atoms with Crippen molar-refractivity contribution in [1.29, 1.82) is 0 Å². The molecule has 1 aromatic heterocycles. The number of hydrazine groups is 1. The van der Waals surface area contributed by atoms with Gasteiger partial charge in [0, 0.05) is 5.38 Å². The van der Waals surface area contributed by atoms with Crippen LogP contribution in [0.2, 0.25) is 0 Å². The fraction of sp³-hybridized carbons (Fsp3) is 0.556. The van der Waals surface area contributed by atoms with Crippen LogP contribution in [-0.2, 0) is 11.3 Å². The third kappa shape index (κ3) is 3.94. The molecule has 6 heteroatoms. The average molecular weight is 229 g/mol. The first kappa shape index (κ1) is 12.1. The number of aromatic nitrogens is 1. The maximum atomic E-state index is 11.1. The van der Waals surface area contributed by atoms with E-state index in [0.717, 1.165) is 5.69 Å². The van der Waals surface area contributed by atoms with Crippen molar-refractivity contribution in [2.75, 3.05) is 0 Å². The SMILES string of the molecule is CC(C)(C)OCc1csc(C(=O)NN)n1. The molecule has 0 aromatic carbocycles. The minimum atomic E-state index is -0.373. The molecule has 0 saturated heterocycles. The van der Waals surface area contributed by atoms with Crippen molar-refractivity contribution in [1.82, 2.24) is 10.4 Å². The molecule has 0 radical (unpaired) electrons. The summed E-state index contributed by atoms with van der Waals surface area (Å²) in [5, 5.41) is 2.14. The molecule has 1 amide bonds. The van der Waals surface area contributed by atoms with E-state index < -0.39 is 0 Å². The number of hydrogen-bond donors (Lipinski definition) is 2. The van der Waals surface area contributed by atoms with Gasteiger partial charge in [-0.15, -0.1) is 11.3 Å². The maximum absolute atomic E-state index is 11.1. The Morgan fingerprint density at radius 3 is 2.87 bits per heavy atom. The third-order valence-electron chi connectivity index (χ3n) is 1.53. The van der Waals surface area contributed by atoms with Crippen LogP contribution in [0.15, 0.2) is 5.38 Å². The summed E-state index contributed by atoms with van der Waals surface area (Å²) in [5.41, 5.74) is 2.57. The van der Waals surface area contributed by atoms with Crippen LogP contribution in [0.25, 0.3) is 0 Å². The van der Waals surface area contributed by atoms with E-state index in [9.17, 15) is 4.79 Å². The van der Waals surface area contributed by atoms with Gasteiger partial charge >= 0.3 is 0 Å². The van der Waals surface area contributed by atoms with Gasteiger partial charge in [-0.25, -0.2) is 10.8 Å². The molecule has 0 fully saturated rings. The predicted octanol–water partition coefficient (Wildman–Crippen LogP) is 1.06. The predicted molar refractivity (Wildman–Crippen MR) is 58.3 cm³/mol. The van der Waals surface area contributed by atoms with Crippen LogP contribution >= 0.6 is 11.3 Å². The van der Waals surface area contributed by atoms with Crippen LogP contribution in [0, 0.1) is 0 Å². The van der Waals surface area contributed by atoms with Crippen molar-refractivity contribution in [2.24, 2.45) is 5.84 Å². The lowest BCUT2D eigenvalue weighted by atomic mass is 10.2. The summed E-state index contributed by atoms with van der Waals surface area (Å²) in [6.07, 6.45) is 0. The Morgan fingerprint density at radius 2 is 2.33 bits per heavy atom. The molecule has 1 rings (SSSR count). The highest BCUT2D eigenvalue weighted by Crippen LogP contribution is 2.14. The Morgan fingerprint density at radius 1 is 1.67 bits per heavy atom. The first-order valence-electron chi connectivity index (χ1n) is 4.51. The lowest BCUT2D eigenvalue weighted by molar-refractivity contribution is -0.0162. The van der Waals surface area contributed by atoms with Gasteiger partial charge in [0.25, 0.3) is 5.91 Å². The average Bonchev–Trinajstić information content (AvgIpc) is 2.61. The van der Waals surface area contributed by atoms with Crippen LogP contribution in [0.1, 0.15) is 36.3 Å². The molecule has 0 spiro atoms. The number of amides is 1. The number of rotatable bonds is 3. The first-order chi connectivity index (χ1) is 6.92. The van der Waals surface area contributed by atoms with Gasteiger partial charge in [0.2, 0.25) is 0 Å². The quantitative estimate of drug-likeness (QED) is 0.461. The maximum Gasteiger partial charge on any atom is 0.294 e. The number of nitrogens with two attached hydrogens (primary N) is 1. The lowest BCUT2D eigenvalue weighted by Crippen LogP contribution is -2.29. The number of carbonyl (C=O) groups excluding carboxylic acids is 1. The highest BCUT2D eigenvalue weighted by atomic mass is 32.1. The summed E-state index contributed by atoms with van der Waals surface area (Å²) in [6, 6.07) is 0. The van der Waals surface area contributed by atoms with E-state index in [1.807, 2.05) is 26.2 Å². The Bertz CT molecular complexity index is 343. The fourth-order valence-corrected chi connectivity index (χ4v) is 1.53. The summed E-state index contributed by atoms with van der Waals surface area (Å²) in [6.45, 7) is 6.30. The van der Waals surface area contributed by atoms with Crippen LogP contribution in [0.4, 0.5) is 0 Å². The largest absolute Gasteiger partial charge is 0.370 e. The van der Waals surface area contributed by atoms with Crippen molar-refractivity contribution in [3.8, 4) is 0 Å². The van der Waals surface area contributed by atoms with Crippen molar-refractivity contribution in [3.05, 3.63) is 16.1 Å². The number of carbonyl (C=O) groups is 1. The summed E-state index contributed by atoms with van der Waals surface area (Å²) in [7, 11) is 0. The van der Waals surface area contributed by atoms with E-state index in [-0.39, 0.29) is 11.5 Å². The van der Waals surface area contributed by atoms with Gasteiger partial charge in [0.15, 0.2) is 5.01 Å². The van der Waals surface area contributed by atoms with Crippen LogP contribution in [0.5, 0.6) is 0 Å². The second-order valence-electron chi connectivity index (χ2n) is 4.02. The topological polar surface area (TPSA) is 77.2 Å². The van der Waals surface area contributed by atoms with Crippen LogP contribution in [-0.4, -0.2) is 16.5 Å². The highest BCUT2D eigenvalue weighted by molar-refractivity contribution is 7.11. The van der Waals surface area contributed by atoms with E-state index in [0.29, 0.717) is 11.6 Å². The molecule has 0 aliphatic heterocycles. The van der Waals surface area contributed by atoms with Crippen molar-refractivity contribution < 1.29 is 9.53 Å². The molecule has 5 nitrogen and oxygen atoms in total. The molecule has 0 aliphatic rings. The van der Waals surface area contributed by atoms with Gasteiger partial charge in [0.05, 0.1) is 17.9 Å². The lowest BCUT2D eigenvalue weighted by Gasteiger charge is -2.18. The Hall–Kier alpha value is -0.980. The van der Waals surface area contributed by atoms with E-state index in [1.165, 1.54) is 11.3 Å². The molecule has 0 aliphatic carbocycles. The summed E-state index contributed by atoms with van der Waals surface area (Å²) < 4.78 is 5.52. The molecule has 3 N–H and O–H groups in total. The Balaban J connectivity index is 2.57. The van der Waals surface area contributed by atoms with Crippen LogP contribution in [0.3, 0.4) is 0 Å². The van der Waals surface area contributed by atoms with Gasteiger partial charge < -0.3 is 4.74 Å². The molecule has 15 heavy (non-hydrogen) atoms. The third-order valence-corrected chi connectivity index (χ3v) is 2.42. The zero-order chi connectivity index (χ0) is 11.5. The van der Waals surface area contributed by atoms with Crippen LogP contribution < -0.4 is 11.3 Å². The van der Waals surface area contributed by atoms with Gasteiger partial charge in [-0.3, -0.25) is 10.2 Å². The monoisotopic (exact) mass is 229 g/mol. The number of thiazole rings is 1. The smallest absolute Gasteiger partial charge is 0.294 e. The van der Waals surface area contributed by atoms with Gasteiger partial charge in [0.1, 0.15) is 0 Å². The molecule has 84 valence electrons.